The lowest BCUT2D eigenvalue weighted by atomic mass is 10.3. The summed E-state index contributed by atoms with van der Waals surface area (Å²) in [7, 11) is 0. The van der Waals surface area contributed by atoms with Crippen molar-refractivity contribution in [1.82, 2.24) is 4.98 Å². The molecule has 0 unspecified atom stereocenters. The number of anilines is 2. The Morgan fingerprint density at radius 3 is 2.36 bits per heavy atom. The largest absolute Gasteiger partial charge is 0.318 e. The van der Waals surface area contributed by atoms with E-state index in [4.69, 9.17) is 5.26 Å². The summed E-state index contributed by atoms with van der Waals surface area (Å²) < 4.78 is 0. The molecule has 6 nitrogen and oxygen atoms in total. The highest BCUT2D eigenvalue weighted by molar-refractivity contribution is 8.03. The van der Waals surface area contributed by atoms with E-state index in [2.05, 4.69) is 15.6 Å². The Bertz CT molecular complexity index is 721. The highest BCUT2D eigenvalue weighted by atomic mass is 32.2. The van der Waals surface area contributed by atoms with Gasteiger partial charge in [0.25, 0.3) is 0 Å². The van der Waals surface area contributed by atoms with Crippen molar-refractivity contribution >= 4 is 35.1 Å². The van der Waals surface area contributed by atoms with Gasteiger partial charge in [0, 0.05) is 16.8 Å². The fourth-order valence-electron chi connectivity index (χ4n) is 1.56. The molecule has 0 saturated heterocycles. The first-order chi connectivity index (χ1) is 10.6. The van der Waals surface area contributed by atoms with Crippen LogP contribution in [0.4, 0.5) is 11.5 Å². The number of amides is 2. The zero-order valence-electron chi connectivity index (χ0n) is 11.7. The summed E-state index contributed by atoms with van der Waals surface area (Å²) in [5.74, 6) is -1.28. The molecule has 7 heteroatoms. The summed E-state index contributed by atoms with van der Waals surface area (Å²) in [6.45, 7) is 1.87. The molecular weight excluding hydrogens is 300 g/mol. The number of thioether (sulfide) groups is 1. The van der Waals surface area contributed by atoms with Gasteiger partial charge >= 0.3 is 11.8 Å². The van der Waals surface area contributed by atoms with Gasteiger partial charge in [-0.3, -0.25) is 9.59 Å². The minimum atomic E-state index is -0.799. The number of hydrogen-bond acceptors (Lipinski definition) is 5. The summed E-state index contributed by atoms with van der Waals surface area (Å²) in [5.41, 5.74) is 1.43. The number of benzene rings is 1. The van der Waals surface area contributed by atoms with Crippen molar-refractivity contribution in [3.63, 3.8) is 0 Å². The molecule has 0 fully saturated rings. The number of nitrogens with zero attached hydrogens (tertiary/aromatic N) is 2. The number of aryl methyl sites for hydroxylation is 1. The van der Waals surface area contributed by atoms with Gasteiger partial charge < -0.3 is 10.6 Å². The highest BCUT2D eigenvalue weighted by Crippen LogP contribution is 2.18. The Morgan fingerprint density at radius 2 is 1.77 bits per heavy atom. The molecule has 0 atom stereocenters. The van der Waals surface area contributed by atoms with Gasteiger partial charge in [-0.15, -0.1) is 0 Å². The Morgan fingerprint density at radius 1 is 1.09 bits per heavy atom. The van der Waals surface area contributed by atoms with Gasteiger partial charge in [0.05, 0.1) is 0 Å². The van der Waals surface area contributed by atoms with E-state index in [1.165, 1.54) is 0 Å². The minimum Gasteiger partial charge on any atom is -0.318 e. The third kappa shape index (κ3) is 4.33. The third-order valence-corrected chi connectivity index (χ3v) is 3.23. The first-order valence-electron chi connectivity index (χ1n) is 6.29. The molecule has 2 rings (SSSR count). The molecule has 2 amide bonds. The normalized spacial score (nSPS) is 9.64. The molecule has 0 radical (unpaired) electrons. The van der Waals surface area contributed by atoms with Crippen LogP contribution in [0.2, 0.25) is 0 Å². The summed E-state index contributed by atoms with van der Waals surface area (Å²) in [6, 6.07) is 10.0. The SMILES string of the molecule is Cc1ccc(NC(=O)C(=O)Nc2ccc(SC#N)cc2)nc1. The monoisotopic (exact) mass is 312 g/mol. The third-order valence-electron chi connectivity index (χ3n) is 2.63. The minimum absolute atomic E-state index is 0.312. The molecule has 2 N–H and O–H groups in total. The maximum atomic E-state index is 11.8. The van der Waals surface area contributed by atoms with Crippen molar-refractivity contribution in [2.45, 2.75) is 11.8 Å². The van der Waals surface area contributed by atoms with E-state index < -0.39 is 11.8 Å². The molecule has 0 bridgehead atoms. The second-order valence-electron chi connectivity index (χ2n) is 4.35. The van der Waals surface area contributed by atoms with Gasteiger partial charge in [0.15, 0.2) is 0 Å². The van der Waals surface area contributed by atoms with Crippen molar-refractivity contribution in [2.24, 2.45) is 0 Å². The van der Waals surface area contributed by atoms with Gasteiger partial charge in [0.2, 0.25) is 0 Å². The van der Waals surface area contributed by atoms with Crippen LogP contribution in [-0.2, 0) is 9.59 Å². The highest BCUT2D eigenvalue weighted by Gasteiger charge is 2.14. The van der Waals surface area contributed by atoms with Crippen molar-refractivity contribution in [3.8, 4) is 5.40 Å². The Labute approximate surface area is 131 Å². The van der Waals surface area contributed by atoms with E-state index in [0.29, 0.717) is 11.5 Å². The molecule has 0 spiro atoms. The van der Waals surface area contributed by atoms with Crippen LogP contribution >= 0.6 is 11.8 Å². The molecule has 2 aromatic rings. The first kappa shape index (κ1) is 15.5. The van der Waals surface area contributed by atoms with Crippen LogP contribution < -0.4 is 10.6 Å². The molecule has 0 aliphatic heterocycles. The standard InChI is InChI=1S/C15H12N4O2S/c1-10-2-7-13(17-8-10)19-15(21)14(20)18-11-3-5-12(6-4-11)22-9-16/h2-8H,1H3,(H,18,20)(H,17,19,21). The number of carbonyl (C=O) groups is 2. The van der Waals surface area contributed by atoms with E-state index in [1.54, 1.807) is 42.6 Å². The summed E-state index contributed by atoms with van der Waals surface area (Å²) in [4.78, 5) is 28.3. The van der Waals surface area contributed by atoms with E-state index in [9.17, 15) is 9.59 Å². The summed E-state index contributed by atoms with van der Waals surface area (Å²) >= 11 is 1.02. The number of nitriles is 1. The number of hydrogen-bond donors (Lipinski definition) is 2. The van der Waals surface area contributed by atoms with Gasteiger partial charge in [-0.1, -0.05) is 6.07 Å². The fourth-order valence-corrected chi connectivity index (χ4v) is 1.94. The van der Waals surface area contributed by atoms with Gasteiger partial charge in [0.1, 0.15) is 11.2 Å². The smallest absolute Gasteiger partial charge is 0.315 e. The topological polar surface area (TPSA) is 94.9 Å². The van der Waals surface area contributed by atoms with Crippen LogP contribution in [0.1, 0.15) is 5.56 Å². The van der Waals surface area contributed by atoms with Crippen LogP contribution in [-0.4, -0.2) is 16.8 Å². The van der Waals surface area contributed by atoms with E-state index in [-0.39, 0.29) is 0 Å². The predicted molar refractivity (Wildman–Crippen MR) is 84.1 cm³/mol. The van der Waals surface area contributed by atoms with Crippen LogP contribution in [0.3, 0.4) is 0 Å². The number of nitrogens with one attached hydrogen (secondary N) is 2. The number of carbonyl (C=O) groups excluding carboxylic acids is 2. The second-order valence-corrected chi connectivity index (χ2v) is 5.20. The molecule has 1 aromatic heterocycles. The molecule has 0 saturated carbocycles. The van der Waals surface area contributed by atoms with Gasteiger partial charge in [-0.05, 0) is 54.6 Å². The van der Waals surface area contributed by atoms with Gasteiger partial charge in [-0.2, -0.15) is 5.26 Å². The molecule has 22 heavy (non-hydrogen) atoms. The average molecular weight is 312 g/mol. The van der Waals surface area contributed by atoms with Crippen LogP contribution in [0.5, 0.6) is 0 Å². The zero-order chi connectivity index (χ0) is 15.9. The quantitative estimate of drug-likeness (QED) is 0.516. The lowest BCUT2D eigenvalue weighted by Crippen LogP contribution is -2.29. The van der Waals surface area contributed by atoms with Crippen LogP contribution in [0.15, 0.2) is 47.5 Å². The number of pyridine rings is 1. The van der Waals surface area contributed by atoms with Crippen molar-refractivity contribution < 1.29 is 9.59 Å². The Kier molecular flexibility index (Phi) is 5.11. The summed E-state index contributed by atoms with van der Waals surface area (Å²) in [5, 5.41) is 15.4. The Hall–Kier alpha value is -2.85. The first-order valence-corrected chi connectivity index (χ1v) is 7.11. The van der Waals surface area contributed by atoms with Gasteiger partial charge in [-0.25, -0.2) is 4.98 Å². The van der Waals surface area contributed by atoms with Crippen molar-refractivity contribution in [3.05, 3.63) is 48.2 Å². The summed E-state index contributed by atoms with van der Waals surface area (Å²) in [6.07, 6.45) is 1.60. The molecule has 1 aromatic carbocycles. The van der Waals surface area contributed by atoms with E-state index in [0.717, 1.165) is 22.2 Å². The molecule has 1 heterocycles. The number of aromatic nitrogens is 1. The zero-order valence-corrected chi connectivity index (χ0v) is 12.5. The maximum Gasteiger partial charge on any atom is 0.315 e. The lowest BCUT2D eigenvalue weighted by Gasteiger charge is -2.06. The Balaban J connectivity index is 1.95. The lowest BCUT2D eigenvalue weighted by molar-refractivity contribution is -0.133. The second kappa shape index (κ2) is 7.24. The average Bonchev–Trinajstić information content (AvgIpc) is 2.51. The number of thiocyanates is 1. The van der Waals surface area contributed by atoms with Crippen LogP contribution in [0, 0.1) is 17.6 Å². The molecule has 110 valence electrons. The number of rotatable bonds is 3. The fraction of sp³-hybridized carbons (Fsp3) is 0.0667. The van der Waals surface area contributed by atoms with E-state index in [1.807, 2.05) is 12.3 Å². The van der Waals surface area contributed by atoms with E-state index >= 15 is 0 Å². The molecule has 0 aliphatic carbocycles. The molecular formula is C15H12N4O2S. The van der Waals surface area contributed by atoms with Crippen LogP contribution in [0.25, 0.3) is 0 Å². The maximum absolute atomic E-state index is 11.8. The van der Waals surface area contributed by atoms with Crippen molar-refractivity contribution in [2.75, 3.05) is 10.6 Å². The predicted octanol–water partition coefficient (Wildman–Crippen LogP) is 2.54. The van der Waals surface area contributed by atoms with Crippen molar-refractivity contribution in [1.29, 1.82) is 5.26 Å². The molecule has 0 aliphatic rings.